The largest absolute Gasteiger partial charge is 0.461 e. The van der Waals surface area contributed by atoms with Gasteiger partial charge < -0.3 is 9.15 Å². The van der Waals surface area contributed by atoms with Gasteiger partial charge in [-0.2, -0.15) is 4.98 Å². The van der Waals surface area contributed by atoms with Crippen molar-refractivity contribution in [1.29, 1.82) is 0 Å². The maximum Gasteiger partial charge on any atom is 0.360 e. The highest BCUT2D eigenvalue weighted by atomic mass is 16.5. The summed E-state index contributed by atoms with van der Waals surface area (Å²) in [5, 5.41) is 11.9. The lowest BCUT2D eigenvalue weighted by Crippen LogP contribution is -2.06. The quantitative estimate of drug-likeness (QED) is 0.670. The number of aromatic nitrogens is 5. The van der Waals surface area contributed by atoms with E-state index < -0.39 is 5.97 Å². The van der Waals surface area contributed by atoms with Crippen molar-refractivity contribution in [2.24, 2.45) is 0 Å². The smallest absolute Gasteiger partial charge is 0.360 e. The highest BCUT2D eigenvalue weighted by molar-refractivity contribution is 5.86. The zero-order valence-electron chi connectivity index (χ0n) is 11.1. The first-order chi connectivity index (χ1) is 10.3. The Balaban J connectivity index is 1.85. The van der Waals surface area contributed by atoms with E-state index in [0.717, 1.165) is 10.4 Å². The molecule has 0 unspecified atom stereocenters. The van der Waals surface area contributed by atoms with E-state index in [1.807, 2.05) is 30.3 Å². The summed E-state index contributed by atoms with van der Waals surface area (Å²) in [5.74, 6) is -0.123. The molecule has 3 aromatic rings. The third-order valence-electron chi connectivity index (χ3n) is 2.59. The molecule has 0 aliphatic carbocycles. The van der Waals surface area contributed by atoms with Crippen LogP contribution in [-0.4, -0.2) is 37.8 Å². The second-order valence-corrected chi connectivity index (χ2v) is 4.00. The average Bonchev–Trinajstić information content (AvgIpc) is 3.17. The van der Waals surface area contributed by atoms with Crippen molar-refractivity contribution in [3.63, 3.8) is 0 Å². The lowest BCUT2D eigenvalue weighted by atomic mass is 10.2. The van der Waals surface area contributed by atoms with E-state index in [1.54, 1.807) is 6.92 Å². The van der Waals surface area contributed by atoms with E-state index in [2.05, 4.69) is 20.4 Å². The van der Waals surface area contributed by atoms with Crippen molar-refractivity contribution in [2.75, 3.05) is 6.61 Å². The van der Waals surface area contributed by atoms with Gasteiger partial charge >= 0.3 is 12.0 Å². The fraction of sp³-hybridized carbons (Fsp3) is 0.154. The summed E-state index contributed by atoms with van der Waals surface area (Å²) in [6.45, 7) is 1.98. The fourth-order valence-corrected chi connectivity index (χ4v) is 1.65. The van der Waals surface area contributed by atoms with E-state index in [4.69, 9.17) is 9.15 Å². The molecule has 106 valence electrons. The molecule has 0 atom stereocenters. The van der Waals surface area contributed by atoms with Gasteiger partial charge in [0.1, 0.15) is 6.26 Å². The third-order valence-corrected chi connectivity index (χ3v) is 2.59. The SMILES string of the molecule is CCOC(=O)c1coc(-n2nnc(-c3ccccc3)n2)n1. The summed E-state index contributed by atoms with van der Waals surface area (Å²) >= 11 is 0. The molecule has 0 saturated carbocycles. The molecule has 0 radical (unpaired) electrons. The molecule has 8 nitrogen and oxygen atoms in total. The first kappa shape index (κ1) is 13.0. The molecular formula is C13H11N5O3. The molecule has 2 heterocycles. The molecule has 8 heteroatoms. The second-order valence-electron chi connectivity index (χ2n) is 4.00. The number of carbonyl (C=O) groups excluding carboxylic acids is 1. The molecule has 0 N–H and O–H groups in total. The van der Waals surface area contributed by atoms with Crippen LogP contribution >= 0.6 is 0 Å². The van der Waals surface area contributed by atoms with Crippen LogP contribution in [0.4, 0.5) is 0 Å². The summed E-state index contributed by atoms with van der Waals surface area (Å²) < 4.78 is 9.98. The minimum atomic E-state index is -0.559. The van der Waals surface area contributed by atoms with Gasteiger partial charge in [-0.05, 0) is 12.1 Å². The Morgan fingerprint density at radius 1 is 1.33 bits per heavy atom. The maximum absolute atomic E-state index is 11.5. The molecule has 0 aliphatic heterocycles. The Hall–Kier alpha value is -3.03. The van der Waals surface area contributed by atoms with E-state index in [9.17, 15) is 4.79 Å². The Morgan fingerprint density at radius 2 is 2.14 bits per heavy atom. The van der Waals surface area contributed by atoms with Crippen LogP contribution in [0.25, 0.3) is 17.4 Å². The van der Waals surface area contributed by atoms with Crippen molar-refractivity contribution in [1.82, 2.24) is 25.2 Å². The van der Waals surface area contributed by atoms with Gasteiger partial charge in [-0.1, -0.05) is 35.1 Å². The molecule has 2 aromatic heterocycles. The van der Waals surface area contributed by atoms with Gasteiger partial charge in [0.05, 0.1) is 6.61 Å². The fourth-order valence-electron chi connectivity index (χ4n) is 1.65. The first-order valence-electron chi connectivity index (χ1n) is 6.26. The van der Waals surface area contributed by atoms with Crippen molar-refractivity contribution < 1.29 is 13.9 Å². The third kappa shape index (κ3) is 2.64. The van der Waals surface area contributed by atoms with Gasteiger partial charge in [-0.15, -0.1) is 10.2 Å². The van der Waals surface area contributed by atoms with Crippen LogP contribution < -0.4 is 0 Å². The Kier molecular flexibility index (Phi) is 3.42. The van der Waals surface area contributed by atoms with Gasteiger partial charge in [-0.25, -0.2) is 4.79 Å². The number of tetrazole rings is 1. The van der Waals surface area contributed by atoms with Crippen molar-refractivity contribution in [3.05, 3.63) is 42.3 Å². The monoisotopic (exact) mass is 285 g/mol. The number of hydrogen-bond acceptors (Lipinski definition) is 7. The second kappa shape index (κ2) is 5.53. The van der Waals surface area contributed by atoms with Gasteiger partial charge in [0.2, 0.25) is 5.82 Å². The zero-order chi connectivity index (χ0) is 14.7. The van der Waals surface area contributed by atoms with Crippen molar-refractivity contribution >= 4 is 5.97 Å². The molecule has 3 rings (SSSR count). The number of ether oxygens (including phenoxy) is 1. The molecule has 0 fully saturated rings. The number of nitrogens with zero attached hydrogens (tertiary/aromatic N) is 5. The summed E-state index contributed by atoms with van der Waals surface area (Å²) in [6.07, 6.45) is 1.19. The molecule has 0 bridgehead atoms. The molecule has 1 aromatic carbocycles. The lowest BCUT2D eigenvalue weighted by molar-refractivity contribution is 0.0519. The normalized spacial score (nSPS) is 10.5. The molecular weight excluding hydrogens is 274 g/mol. The lowest BCUT2D eigenvalue weighted by Gasteiger charge is -1.94. The van der Waals surface area contributed by atoms with Crippen LogP contribution in [0, 0.1) is 0 Å². The number of rotatable bonds is 4. The van der Waals surface area contributed by atoms with Crippen LogP contribution in [0.5, 0.6) is 0 Å². The van der Waals surface area contributed by atoms with E-state index in [0.29, 0.717) is 5.82 Å². The van der Waals surface area contributed by atoms with Crippen molar-refractivity contribution in [3.8, 4) is 17.4 Å². The Labute approximate surface area is 119 Å². The minimum Gasteiger partial charge on any atom is -0.461 e. The molecule has 21 heavy (non-hydrogen) atoms. The van der Waals surface area contributed by atoms with Crippen LogP contribution in [0.15, 0.2) is 41.0 Å². The van der Waals surface area contributed by atoms with Crippen LogP contribution in [0.2, 0.25) is 0 Å². The van der Waals surface area contributed by atoms with Crippen LogP contribution in [0.1, 0.15) is 17.4 Å². The average molecular weight is 285 g/mol. The van der Waals surface area contributed by atoms with E-state index in [1.165, 1.54) is 6.26 Å². The number of benzene rings is 1. The highest BCUT2D eigenvalue weighted by Crippen LogP contribution is 2.13. The number of hydrogen-bond donors (Lipinski definition) is 0. The van der Waals surface area contributed by atoms with Crippen molar-refractivity contribution in [2.45, 2.75) is 6.92 Å². The topological polar surface area (TPSA) is 95.9 Å². The predicted molar refractivity (Wildman–Crippen MR) is 70.6 cm³/mol. The predicted octanol–water partition coefficient (Wildman–Crippen LogP) is 1.49. The highest BCUT2D eigenvalue weighted by Gasteiger charge is 2.16. The standard InChI is InChI=1S/C13H11N5O3/c1-2-20-12(19)10-8-21-13(14-10)18-16-11(15-17-18)9-6-4-3-5-7-9/h3-8H,2H2,1H3. The van der Waals surface area contributed by atoms with Gasteiger partial charge in [0.25, 0.3) is 0 Å². The molecule has 0 aliphatic rings. The maximum atomic E-state index is 11.5. The van der Waals surface area contributed by atoms with Gasteiger partial charge in [-0.3, -0.25) is 0 Å². The summed E-state index contributed by atoms with van der Waals surface area (Å²) in [7, 11) is 0. The van der Waals surface area contributed by atoms with Crippen LogP contribution in [0.3, 0.4) is 0 Å². The molecule has 0 saturated heterocycles. The summed E-state index contributed by atoms with van der Waals surface area (Å²) in [6, 6.07) is 9.42. The zero-order valence-corrected chi connectivity index (χ0v) is 11.1. The summed E-state index contributed by atoms with van der Waals surface area (Å²) in [5.41, 5.74) is 0.881. The first-order valence-corrected chi connectivity index (χ1v) is 6.26. The number of oxazole rings is 1. The van der Waals surface area contributed by atoms with Gasteiger partial charge in [0.15, 0.2) is 5.69 Å². The van der Waals surface area contributed by atoms with E-state index >= 15 is 0 Å². The van der Waals surface area contributed by atoms with Gasteiger partial charge in [0, 0.05) is 5.56 Å². The van der Waals surface area contributed by atoms with Crippen LogP contribution in [-0.2, 0) is 4.74 Å². The Morgan fingerprint density at radius 3 is 2.90 bits per heavy atom. The summed E-state index contributed by atoms with van der Waals surface area (Å²) in [4.78, 5) is 16.6. The molecule has 0 spiro atoms. The number of carbonyl (C=O) groups is 1. The molecule has 0 amide bonds. The Bertz CT molecular complexity index is 750. The van der Waals surface area contributed by atoms with E-state index in [-0.39, 0.29) is 18.3 Å². The number of esters is 1. The minimum absolute atomic E-state index is 0.0488.